The van der Waals surface area contributed by atoms with E-state index in [0.29, 0.717) is 12.0 Å². The van der Waals surface area contributed by atoms with Crippen LogP contribution in [0, 0.1) is 0 Å². The Labute approximate surface area is 126 Å². The highest BCUT2D eigenvalue weighted by Crippen LogP contribution is 2.34. The van der Waals surface area contributed by atoms with E-state index in [4.69, 9.17) is 9.78 Å². The van der Waals surface area contributed by atoms with Crippen molar-refractivity contribution in [1.29, 1.82) is 0 Å². The molecule has 2 rings (SSSR count). The van der Waals surface area contributed by atoms with Crippen LogP contribution >= 0.6 is 0 Å². The number of aliphatic hydroxyl groups is 1. The lowest BCUT2D eigenvalue weighted by Crippen LogP contribution is -2.61. The van der Waals surface area contributed by atoms with Gasteiger partial charge in [-0.2, -0.15) is 4.89 Å². The molecule has 4 nitrogen and oxygen atoms in total. The van der Waals surface area contributed by atoms with Crippen LogP contribution in [0.2, 0.25) is 0 Å². The summed E-state index contributed by atoms with van der Waals surface area (Å²) in [6, 6.07) is 8.69. The molecule has 1 heterocycles. The van der Waals surface area contributed by atoms with Gasteiger partial charge in [0.25, 0.3) is 5.79 Å². The first-order valence-electron chi connectivity index (χ1n) is 7.85. The largest absolute Gasteiger partial charge is 0.355 e. The van der Waals surface area contributed by atoms with Gasteiger partial charge < -0.3 is 5.11 Å². The summed E-state index contributed by atoms with van der Waals surface area (Å²) in [7, 11) is 0. The van der Waals surface area contributed by atoms with Gasteiger partial charge in [-0.05, 0) is 6.42 Å². The molecule has 1 aromatic rings. The van der Waals surface area contributed by atoms with Crippen LogP contribution in [0.5, 0.6) is 0 Å². The molecule has 1 aromatic carbocycles. The van der Waals surface area contributed by atoms with Gasteiger partial charge in [0.05, 0.1) is 0 Å². The molecule has 0 amide bonds. The van der Waals surface area contributed by atoms with Crippen LogP contribution in [0.15, 0.2) is 30.3 Å². The van der Waals surface area contributed by atoms with Crippen LogP contribution in [0.4, 0.5) is 0 Å². The first-order valence-corrected chi connectivity index (χ1v) is 7.85. The number of ketones is 1. The summed E-state index contributed by atoms with van der Waals surface area (Å²) in [5.74, 6) is -2.24. The summed E-state index contributed by atoms with van der Waals surface area (Å²) >= 11 is 0. The zero-order valence-electron chi connectivity index (χ0n) is 12.6. The lowest BCUT2D eigenvalue weighted by Gasteiger charge is -2.41. The number of hydrogen-bond acceptors (Lipinski definition) is 4. The van der Waals surface area contributed by atoms with Crippen LogP contribution in [-0.4, -0.2) is 22.8 Å². The maximum atomic E-state index is 12.3. The number of carbonyl (C=O) groups is 1. The lowest BCUT2D eigenvalue weighted by atomic mass is 9.93. The number of rotatable bonds is 9. The topological polar surface area (TPSA) is 55.8 Å². The molecule has 2 unspecified atom stereocenters. The van der Waals surface area contributed by atoms with E-state index < -0.39 is 17.7 Å². The molecule has 4 heteroatoms. The van der Waals surface area contributed by atoms with Crippen molar-refractivity contribution in [1.82, 2.24) is 0 Å². The molecule has 1 N–H and O–H groups in total. The summed E-state index contributed by atoms with van der Waals surface area (Å²) < 4.78 is 0. The second kappa shape index (κ2) is 7.69. The van der Waals surface area contributed by atoms with Gasteiger partial charge in [-0.1, -0.05) is 75.8 Å². The minimum atomic E-state index is -1.81. The van der Waals surface area contributed by atoms with E-state index in [1.165, 1.54) is 25.7 Å². The second-order valence-corrected chi connectivity index (χ2v) is 5.62. The molecule has 1 saturated heterocycles. The molecule has 0 spiro atoms. The summed E-state index contributed by atoms with van der Waals surface area (Å²) in [6.45, 7) is 2.19. The normalized spacial score (nSPS) is 24.6. The monoisotopic (exact) mass is 292 g/mol. The van der Waals surface area contributed by atoms with E-state index in [1.54, 1.807) is 24.3 Å². The SMILES string of the molecule is CCCCCCCCC1OOC1(O)C(=O)c1ccccc1. The van der Waals surface area contributed by atoms with Gasteiger partial charge in [-0.25, -0.2) is 4.89 Å². The molecule has 116 valence electrons. The van der Waals surface area contributed by atoms with Crippen LogP contribution < -0.4 is 0 Å². The van der Waals surface area contributed by atoms with Crippen LogP contribution in [0.25, 0.3) is 0 Å². The molecule has 0 radical (unpaired) electrons. The van der Waals surface area contributed by atoms with Gasteiger partial charge in [-0.15, -0.1) is 0 Å². The van der Waals surface area contributed by atoms with E-state index in [-0.39, 0.29) is 0 Å². The predicted octanol–water partition coefficient (Wildman–Crippen LogP) is 3.64. The second-order valence-electron chi connectivity index (χ2n) is 5.62. The molecule has 2 atom stereocenters. The fourth-order valence-electron chi connectivity index (χ4n) is 2.54. The Balaban J connectivity index is 1.79. The molecule has 0 saturated carbocycles. The third-order valence-corrected chi connectivity index (χ3v) is 3.91. The van der Waals surface area contributed by atoms with E-state index in [2.05, 4.69) is 6.92 Å². The molecule has 1 fully saturated rings. The van der Waals surface area contributed by atoms with Crippen molar-refractivity contribution in [3.05, 3.63) is 35.9 Å². The van der Waals surface area contributed by atoms with Gasteiger partial charge >= 0.3 is 0 Å². The Morgan fingerprint density at radius 2 is 1.81 bits per heavy atom. The minimum absolute atomic E-state index is 0.426. The Kier molecular flexibility index (Phi) is 5.91. The smallest absolute Gasteiger partial charge is 0.292 e. The van der Waals surface area contributed by atoms with Gasteiger partial charge in [-0.3, -0.25) is 4.79 Å². The van der Waals surface area contributed by atoms with E-state index >= 15 is 0 Å². The zero-order valence-corrected chi connectivity index (χ0v) is 12.6. The maximum absolute atomic E-state index is 12.3. The first kappa shape index (κ1) is 16.1. The number of benzene rings is 1. The molecule has 1 aliphatic rings. The van der Waals surface area contributed by atoms with E-state index in [0.717, 1.165) is 12.8 Å². The highest BCUT2D eigenvalue weighted by atomic mass is 17.3. The number of Topliss-reactive ketones (excluding diaryl/α,β-unsaturated/α-hetero) is 1. The quantitative estimate of drug-likeness (QED) is 0.429. The average molecular weight is 292 g/mol. The highest BCUT2D eigenvalue weighted by Gasteiger charge is 2.56. The maximum Gasteiger partial charge on any atom is 0.292 e. The summed E-state index contributed by atoms with van der Waals surface area (Å²) in [4.78, 5) is 22.0. The van der Waals surface area contributed by atoms with Crippen molar-refractivity contribution in [2.75, 3.05) is 0 Å². The van der Waals surface area contributed by atoms with Crippen molar-refractivity contribution < 1.29 is 19.7 Å². The van der Waals surface area contributed by atoms with Gasteiger partial charge in [0.1, 0.15) is 0 Å². The Hall–Kier alpha value is -1.23. The number of carbonyl (C=O) groups excluding carboxylic acids is 1. The first-order chi connectivity index (χ1) is 10.2. The molecular weight excluding hydrogens is 268 g/mol. The van der Waals surface area contributed by atoms with Crippen LogP contribution in [-0.2, 0) is 9.78 Å². The molecule has 0 aromatic heterocycles. The van der Waals surface area contributed by atoms with Crippen molar-refractivity contribution in [2.45, 2.75) is 63.8 Å². The number of unbranched alkanes of at least 4 members (excludes halogenated alkanes) is 5. The summed E-state index contributed by atoms with van der Waals surface area (Å²) in [5.41, 5.74) is 0.441. The minimum Gasteiger partial charge on any atom is -0.355 e. The van der Waals surface area contributed by atoms with E-state index in [1.807, 2.05) is 6.07 Å². The Bertz CT molecular complexity index is 445. The molecule has 1 aliphatic heterocycles. The molecule has 21 heavy (non-hydrogen) atoms. The fraction of sp³-hybridized carbons (Fsp3) is 0.588. The highest BCUT2D eigenvalue weighted by molar-refractivity contribution is 6.02. The Morgan fingerprint density at radius 3 is 2.43 bits per heavy atom. The van der Waals surface area contributed by atoms with Crippen molar-refractivity contribution >= 4 is 5.78 Å². The zero-order chi connectivity index (χ0) is 15.1. The van der Waals surface area contributed by atoms with Crippen LogP contribution in [0.1, 0.15) is 62.2 Å². The van der Waals surface area contributed by atoms with Crippen LogP contribution in [0.3, 0.4) is 0 Å². The predicted molar refractivity (Wildman–Crippen MR) is 79.7 cm³/mol. The van der Waals surface area contributed by atoms with Crippen molar-refractivity contribution in [2.24, 2.45) is 0 Å². The van der Waals surface area contributed by atoms with Gasteiger partial charge in [0.2, 0.25) is 5.78 Å². The van der Waals surface area contributed by atoms with Crippen molar-refractivity contribution in [3.8, 4) is 0 Å². The Morgan fingerprint density at radius 1 is 1.14 bits per heavy atom. The van der Waals surface area contributed by atoms with Crippen molar-refractivity contribution in [3.63, 3.8) is 0 Å². The molecule has 0 aliphatic carbocycles. The third-order valence-electron chi connectivity index (χ3n) is 3.91. The third kappa shape index (κ3) is 3.90. The standard InChI is InChI=1S/C17H24O4/c1-2-3-4-5-6-10-13-15-17(19,21-20-15)16(18)14-11-8-7-9-12-14/h7-9,11-12,15,19H,2-6,10,13H2,1H3. The molecule has 0 bridgehead atoms. The summed E-state index contributed by atoms with van der Waals surface area (Å²) in [5, 5.41) is 10.3. The summed E-state index contributed by atoms with van der Waals surface area (Å²) in [6.07, 6.45) is 7.03. The lowest BCUT2D eigenvalue weighted by molar-refractivity contribution is -0.543. The average Bonchev–Trinajstić information content (AvgIpc) is 2.52. The number of hydrogen-bond donors (Lipinski definition) is 1. The van der Waals surface area contributed by atoms with E-state index in [9.17, 15) is 9.90 Å². The molecular formula is C17H24O4. The fourth-order valence-corrected chi connectivity index (χ4v) is 2.54. The van der Waals surface area contributed by atoms with Gasteiger partial charge in [0, 0.05) is 5.56 Å². The van der Waals surface area contributed by atoms with Gasteiger partial charge in [0.15, 0.2) is 6.10 Å².